The molecule has 0 fully saturated rings. The Hall–Kier alpha value is -5.31. The second-order valence-electron chi connectivity index (χ2n) is 11.3. The maximum absolute atomic E-state index is 14.1. The van der Waals surface area contributed by atoms with Gasteiger partial charge in [0.2, 0.25) is 6.79 Å². The van der Waals surface area contributed by atoms with Crippen molar-refractivity contribution in [2.24, 2.45) is 14.1 Å². The van der Waals surface area contributed by atoms with Gasteiger partial charge >= 0.3 is 0 Å². The average molecular weight is 717 g/mol. The van der Waals surface area contributed by atoms with E-state index in [1.54, 1.807) is 60.7 Å². The van der Waals surface area contributed by atoms with Gasteiger partial charge in [0.25, 0.3) is 21.5 Å². The Morgan fingerprint density at radius 1 is 1.00 bits per heavy atom. The van der Waals surface area contributed by atoms with E-state index in [2.05, 4.69) is 5.32 Å². The van der Waals surface area contributed by atoms with Crippen molar-refractivity contribution < 1.29 is 22.7 Å². The number of benzene rings is 3. The number of carbonyl (C=O) groups is 1. The molecular formula is C34H29ClN6O6S2. The van der Waals surface area contributed by atoms with Crippen LogP contribution < -0.4 is 24.7 Å². The number of halogens is 1. The number of thiophene rings is 1. The van der Waals surface area contributed by atoms with Crippen molar-refractivity contribution in [3.63, 3.8) is 0 Å². The number of hydrogen-bond donors (Lipinski definition) is 1. The molecule has 1 amide bonds. The van der Waals surface area contributed by atoms with Crippen molar-refractivity contribution >= 4 is 50.4 Å². The molecule has 49 heavy (non-hydrogen) atoms. The van der Waals surface area contributed by atoms with Crippen LogP contribution in [0, 0.1) is 6.92 Å². The summed E-state index contributed by atoms with van der Waals surface area (Å²) in [5.41, 5.74) is 3.30. The number of nitrogens with one attached hydrogen (secondary N) is 1. The number of nitrogens with zero attached hydrogens (tertiary/aromatic N) is 5. The summed E-state index contributed by atoms with van der Waals surface area (Å²) in [5.74, 6) is 0.957. The van der Waals surface area contributed by atoms with E-state index in [1.165, 1.54) is 41.3 Å². The fourth-order valence-corrected chi connectivity index (χ4v) is 8.19. The van der Waals surface area contributed by atoms with Gasteiger partial charge in [-0.25, -0.2) is 13.1 Å². The lowest BCUT2D eigenvalue weighted by atomic mass is 10.0. The number of carbonyl (C=O) groups excluding carboxylic acids is 1. The lowest BCUT2D eigenvalue weighted by Gasteiger charge is -2.19. The highest BCUT2D eigenvalue weighted by molar-refractivity contribution is 7.93. The topological polar surface area (TPSA) is 130 Å². The average Bonchev–Trinajstić information content (AvgIpc) is 3.89. The van der Waals surface area contributed by atoms with Gasteiger partial charge in [-0.1, -0.05) is 35.9 Å². The van der Waals surface area contributed by atoms with Crippen LogP contribution in [0.3, 0.4) is 0 Å². The number of rotatable bonds is 8. The maximum Gasteiger partial charge on any atom is 0.296 e. The first-order valence-electron chi connectivity index (χ1n) is 14.9. The third-order valence-corrected chi connectivity index (χ3v) is 11.3. The monoisotopic (exact) mass is 716 g/mol. The predicted molar refractivity (Wildman–Crippen MR) is 189 cm³/mol. The van der Waals surface area contributed by atoms with Crippen LogP contribution in [0.2, 0.25) is 5.02 Å². The Morgan fingerprint density at radius 2 is 1.76 bits per heavy atom. The Bertz CT molecular complexity index is 2420. The molecule has 3 aromatic heterocycles. The van der Waals surface area contributed by atoms with Crippen LogP contribution in [-0.4, -0.2) is 47.3 Å². The van der Waals surface area contributed by atoms with E-state index >= 15 is 0 Å². The summed E-state index contributed by atoms with van der Waals surface area (Å²) in [6, 6.07) is 20.3. The van der Waals surface area contributed by atoms with Gasteiger partial charge in [-0.05, 0) is 66.4 Å². The van der Waals surface area contributed by atoms with Crippen LogP contribution in [0.4, 0.5) is 11.5 Å². The fraction of sp³-hybridized carbons (Fsp3) is 0.147. The van der Waals surface area contributed by atoms with Gasteiger partial charge in [0.05, 0.1) is 22.0 Å². The smallest absolute Gasteiger partial charge is 0.296 e. The quantitative estimate of drug-likeness (QED) is 0.202. The van der Waals surface area contributed by atoms with E-state index in [1.807, 2.05) is 35.0 Å². The van der Waals surface area contributed by atoms with Crippen molar-refractivity contribution in [1.82, 2.24) is 19.1 Å². The fourth-order valence-electron chi connectivity index (χ4n) is 5.80. The molecule has 15 heteroatoms. The standard InChI is InChI=1S/C34H29ClN6O6S2/c1-20-31(34(43)41(39(20)3)24-8-6-5-7-9-24)40(4)49(44,45)28-17-22(10-12-25(28)35)33(42)36-32-29(21-11-13-26-27(16-21)47-19-46-26)30(37-38(32)2)23-14-15-48-18-23/h5-18H,19H2,1-4H3,(H,36,42). The summed E-state index contributed by atoms with van der Waals surface area (Å²) >= 11 is 7.98. The summed E-state index contributed by atoms with van der Waals surface area (Å²) < 4.78 is 44.7. The summed E-state index contributed by atoms with van der Waals surface area (Å²) in [7, 11) is 0.248. The van der Waals surface area contributed by atoms with E-state index < -0.39 is 21.5 Å². The van der Waals surface area contributed by atoms with Crippen LogP contribution in [0.1, 0.15) is 16.1 Å². The second-order valence-corrected chi connectivity index (χ2v) is 14.4. The molecule has 0 atom stereocenters. The number of hydrogen-bond acceptors (Lipinski definition) is 8. The molecule has 0 bridgehead atoms. The van der Waals surface area contributed by atoms with Gasteiger partial charge in [0, 0.05) is 37.6 Å². The molecule has 0 aliphatic carbocycles. The highest BCUT2D eigenvalue weighted by atomic mass is 35.5. The van der Waals surface area contributed by atoms with Gasteiger partial charge in [0.1, 0.15) is 22.1 Å². The number of amides is 1. The summed E-state index contributed by atoms with van der Waals surface area (Å²) in [6.45, 7) is 1.76. The van der Waals surface area contributed by atoms with E-state index in [-0.39, 0.29) is 28.0 Å². The molecule has 7 rings (SSSR count). The summed E-state index contributed by atoms with van der Waals surface area (Å²) in [6.07, 6.45) is 0. The molecule has 12 nitrogen and oxygen atoms in total. The van der Waals surface area contributed by atoms with Crippen molar-refractivity contribution in [2.75, 3.05) is 23.5 Å². The van der Waals surface area contributed by atoms with Crippen molar-refractivity contribution in [2.45, 2.75) is 11.8 Å². The zero-order valence-corrected chi connectivity index (χ0v) is 29.1. The number of para-hydroxylation sites is 1. The van der Waals surface area contributed by atoms with E-state index in [0.29, 0.717) is 40.0 Å². The zero-order valence-electron chi connectivity index (χ0n) is 26.7. The highest BCUT2D eigenvalue weighted by Gasteiger charge is 2.31. The van der Waals surface area contributed by atoms with Gasteiger partial charge in [-0.3, -0.25) is 23.3 Å². The molecular weight excluding hydrogens is 688 g/mol. The minimum Gasteiger partial charge on any atom is -0.454 e. The van der Waals surface area contributed by atoms with Gasteiger partial charge in [0.15, 0.2) is 11.5 Å². The lowest BCUT2D eigenvalue weighted by Crippen LogP contribution is -2.32. The Balaban J connectivity index is 1.26. The first-order valence-corrected chi connectivity index (χ1v) is 17.7. The molecule has 0 saturated heterocycles. The summed E-state index contributed by atoms with van der Waals surface area (Å²) in [5, 5.41) is 11.4. The van der Waals surface area contributed by atoms with Crippen molar-refractivity contribution in [3.8, 4) is 39.6 Å². The predicted octanol–water partition coefficient (Wildman–Crippen LogP) is 6.07. The molecule has 0 radical (unpaired) electrons. The summed E-state index contributed by atoms with van der Waals surface area (Å²) in [4.78, 5) is 27.2. The van der Waals surface area contributed by atoms with E-state index in [0.717, 1.165) is 15.4 Å². The third-order valence-electron chi connectivity index (χ3n) is 8.41. The minimum atomic E-state index is -4.42. The van der Waals surface area contributed by atoms with Gasteiger partial charge in [-0.15, -0.1) is 0 Å². The second kappa shape index (κ2) is 12.3. The number of fused-ring (bicyclic) bond motifs is 1. The number of sulfonamides is 1. The Morgan fingerprint density at radius 3 is 2.49 bits per heavy atom. The molecule has 0 spiro atoms. The van der Waals surface area contributed by atoms with Crippen LogP contribution in [0.25, 0.3) is 28.1 Å². The molecule has 6 aromatic rings. The molecule has 4 heterocycles. The molecule has 3 aromatic carbocycles. The number of ether oxygens (including phenoxy) is 2. The highest BCUT2D eigenvalue weighted by Crippen LogP contribution is 2.43. The molecule has 1 aliphatic heterocycles. The number of anilines is 2. The first-order chi connectivity index (χ1) is 23.5. The molecule has 0 unspecified atom stereocenters. The van der Waals surface area contributed by atoms with Crippen LogP contribution >= 0.6 is 22.9 Å². The van der Waals surface area contributed by atoms with Crippen LogP contribution in [0.5, 0.6) is 11.5 Å². The van der Waals surface area contributed by atoms with Crippen molar-refractivity contribution in [1.29, 1.82) is 0 Å². The van der Waals surface area contributed by atoms with E-state index in [4.69, 9.17) is 26.2 Å². The first kappa shape index (κ1) is 32.2. The lowest BCUT2D eigenvalue weighted by molar-refractivity contribution is 0.102. The third kappa shape index (κ3) is 5.47. The molecule has 1 aliphatic rings. The molecule has 1 N–H and O–H groups in total. The number of aromatic nitrogens is 4. The zero-order chi connectivity index (χ0) is 34.6. The van der Waals surface area contributed by atoms with Gasteiger partial charge < -0.3 is 14.8 Å². The van der Waals surface area contributed by atoms with Crippen molar-refractivity contribution in [3.05, 3.63) is 110 Å². The number of aryl methyl sites for hydroxylation is 1. The Kier molecular flexibility index (Phi) is 8.09. The van der Waals surface area contributed by atoms with Crippen LogP contribution in [-0.2, 0) is 24.1 Å². The molecule has 0 saturated carbocycles. The maximum atomic E-state index is 14.1. The van der Waals surface area contributed by atoms with Crippen LogP contribution in [0.15, 0.2) is 93.2 Å². The largest absolute Gasteiger partial charge is 0.454 e. The SMILES string of the molecule is Cc1c(N(C)S(=O)(=O)c2cc(C(=O)Nc3c(-c4ccc5c(c4)OCO5)c(-c4ccsc4)nn3C)ccc2Cl)c(=O)n(-c2ccccc2)n1C. The Labute approximate surface area is 290 Å². The normalized spacial score (nSPS) is 12.3. The van der Waals surface area contributed by atoms with Gasteiger partial charge in [-0.2, -0.15) is 16.4 Å². The van der Waals surface area contributed by atoms with E-state index in [9.17, 15) is 18.0 Å². The molecule has 250 valence electrons. The minimum absolute atomic E-state index is 0.0257.